The Kier molecular flexibility index (Phi) is 4.36. The molecule has 5 nitrogen and oxygen atoms in total. The molecule has 1 aliphatic rings. The predicted octanol–water partition coefficient (Wildman–Crippen LogP) is -0.902. The summed E-state index contributed by atoms with van der Waals surface area (Å²) in [7, 11) is 0. The average molecular weight is 304 g/mol. The summed E-state index contributed by atoms with van der Waals surface area (Å²) in [6, 6.07) is 2.26. The van der Waals surface area contributed by atoms with Crippen LogP contribution in [0.4, 0.5) is 19.0 Å². The summed E-state index contributed by atoms with van der Waals surface area (Å²) in [6.45, 7) is 4.55. The highest BCUT2D eigenvalue weighted by Gasteiger charge is 2.34. The lowest BCUT2D eigenvalue weighted by molar-refractivity contribution is -0.914. The maximum atomic E-state index is 12.5. The molecule has 0 unspecified atom stereocenters. The number of pyridine rings is 1. The van der Waals surface area contributed by atoms with Gasteiger partial charge in [0.15, 0.2) is 6.04 Å². The summed E-state index contributed by atoms with van der Waals surface area (Å²) >= 11 is 0. The van der Waals surface area contributed by atoms with E-state index in [4.69, 9.17) is 5.73 Å². The lowest BCUT2D eigenvalue weighted by Crippen LogP contribution is -3.19. The van der Waals surface area contributed by atoms with E-state index in [0.717, 1.165) is 30.3 Å². The van der Waals surface area contributed by atoms with E-state index in [0.29, 0.717) is 18.9 Å². The minimum Gasteiger partial charge on any atom is -0.365 e. The van der Waals surface area contributed by atoms with Gasteiger partial charge in [0.2, 0.25) is 0 Å². The van der Waals surface area contributed by atoms with Crippen LogP contribution in [-0.2, 0) is 11.0 Å². The molecule has 0 saturated carbocycles. The quantitative estimate of drug-likeness (QED) is 0.760. The first kappa shape index (κ1) is 15.6. The van der Waals surface area contributed by atoms with E-state index in [1.165, 1.54) is 6.07 Å². The maximum absolute atomic E-state index is 12.5. The molecular weight excluding hydrogens is 285 g/mol. The molecule has 0 spiro atoms. The standard InChI is InChI=1S/C13H17F3N4O/c1-9(12(17)21)19-4-6-20(7-5-19)11-3-2-10(8-18-11)13(14,15)16/h2-3,8-9H,4-7H2,1H3,(H2,17,21)/p+2/t9-/m0/s1. The van der Waals surface area contributed by atoms with Gasteiger partial charge in [0.1, 0.15) is 32.4 Å². The van der Waals surface area contributed by atoms with Crippen LogP contribution in [0.1, 0.15) is 12.5 Å². The number of primary amides is 1. The van der Waals surface area contributed by atoms with Crippen molar-refractivity contribution in [1.82, 2.24) is 0 Å². The van der Waals surface area contributed by atoms with E-state index in [2.05, 4.69) is 4.98 Å². The summed E-state index contributed by atoms with van der Waals surface area (Å²) in [5.74, 6) is 0.313. The van der Waals surface area contributed by atoms with Crippen LogP contribution in [0, 0.1) is 0 Å². The number of anilines is 1. The summed E-state index contributed by atoms with van der Waals surface area (Å²) in [6.07, 6.45) is -3.37. The van der Waals surface area contributed by atoms with Gasteiger partial charge in [0.25, 0.3) is 11.7 Å². The van der Waals surface area contributed by atoms with Crippen LogP contribution in [0.2, 0.25) is 0 Å². The monoisotopic (exact) mass is 304 g/mol. The fourth-order valence-corrected chi connectivity index (χ4v) is 2.46. The zero-order valence-corrected chi connectivity index (χ0v) is 11.7. The number of hydrogen-bond acceptors (Lipinski definition) is 2. The van der Waals surface area contributed by atoms with Crippen molar-refractivity contribution < 1.29 is 27.8 Å². The topological polar surface area (TPSA) is 64.9 Å². The Labute approximate surface area is 120 Å². The molecule has 21 heavy (non-hydrogen) atoms. The zero-order chi connectivity index (χ0) is 15.6. The number of amides is 1. The highest BCUT2D eigenvalue weighted by molar-refractivity contribution is 5.77. The van der Waals surface area contributed by atoms with E-state index in [-0.39, 0.29) is 11.9 Å². The number of quaternary nitrogens is 1. The molecule has 2 heterocycles. The van der Waals surface area contributed by atoms with Crippen LogP contribution >= 0.6 is 0 Å². The highest BCUT2D eigenvalue weighted by atomic mass is 19.4. The summed E-state index contributed by atoms with van der Waals surface area (Å²) in [5, 5.41) is 0. The molecule has 8 heteroatoms. The second kappa shape index (κ2) is 5.88. The fourth-order valence-electron chi connectivity index (χ4n) is 2.46. The molecule has 1 aromatic heterocycles. The third-order valence-electron chi connectivity index (χ3n) is 3.91. The van der Waals surface area contributed by atoms with Gasteiger partial charge in [0, 0.05) is 6.07 Å². The molecule has 1 aliphatic heterocycles. The summed E-state index contributed by atoms with van der Waals surface area (Å²) in [4.78, 5) is 16.9. The van der Waals surface area contributed by atoms with Gasteiger partial charge < -0.3 is 10.6 Å². The maximum Gasteiger partial charge on any atom is 0.419 e. The number of nitrogens with one attached hydrogen (secondary N) is 2. The third kappa shape index (κ3) is 3.63. The van der Waals surface area contributed by atoms with Crippen molar-refractivity contribution in [2.45, 2.75) is 19.1 Å². The first-order valence-electron chi connectivity index (χ1n) is 6.77. The van der Waals surface area contributed by atoms with Gasteiger partial charge >= 0.3 is 6.18 Å². The van der Waals surface area contributed by atoms with Gasteiger partial charge in [-0.15, -0.1) is 0 Å². The number of nitrogens with zero attached hydrogens (tertiary/aromatic N) is 1. The van der Waals surface area contributed by atoms with Gasteiger partial charge in [-0.2, -0.15) is 13.2 Å². The highest BCUT2D eigenvalue weighted by Crippen LogP contribution is 2.28. The van der Waals surface area contributed by atoms with Crippen molar-refractivity contribution in [1.29, 1.82) is 0 Å². The number of halogens is 3. The fraction of sp³-hybridized carbons (Fsp3) is 0.538. The van der Waals surface area contributed by atoms with E-state index >= 15 is 0 Å². The molecule has 0 radical (unpaired) electrons. The Morgan fingerprint density at radius 1 is 1.38 bits per heavy atom. The van der Waals surface area contributed by atoms with Crippen molar-refractivity contribution in [2.24, 2.45) is 5.73 Å². The Bertz CT molecular complexity index is 495. The smallest absolute Gasteiger partial charge is 0.365 e. The molecule has 1 atom stereocenters. The average Bonchev–Trinajstić information content (AvgIpc) is 2.46. The Morgan fingerprint density at radius 2 is 2.00 bits per heavy atom. The second-order valence-electron chi connectivity index (χ2n) is 5.23. The molecule has 0 bridgehead atoms. The second-order valence-corrected chi connectivity index (χ2v) is 5.23. The van der Waals surface area contributed by atoms with E-state index < -0.39 is 11.7 Å². The van der Waals surface area contributed by atoms with Crippen LogP contribution in [0.25, 0.3) is 0 Å². The molecule has 0 aromatic carbocycles. The number of carbonyl (C=O) groups is 1. The number of piperazine rings is 1. The molecular formula is C13H19F3N4O+2. The molecule has 0 aliphatic carbocycles. The lowest BCUT2D eigenvalue weighted by atomic mass is 10.2. The van der Waals surface area contributed by atoms with Gasteiger partial charge in [-0.3, -0.25) is 9.69 Å². The van der Waals surface area contributed by atoms with Crippen LogP contribution in [0.3, 0.4) is 0 Å². The Balaban J connectivity index is 1.98. The molecule has 1 aromatic rings. The van der Waals surface area contributed by atoms with Crippen molar-refractivity contribution >= 4 is 11.7 Å². The number of H-pyrrole nitrogens is 1. The van der Waals surface area contributed by atoms with E-state index in [9.17, 15) is 18.0 Å². The van der Waals surface area contributed by atoms with Crippen LogP contribution in [-0.4, -0.2) is 38.1 Å². The normalized spacial score (nSPS) is 18.6. The van der Waals surface area contributed by atoms with Crippen molar-refractivity contribution in [3.8, 4) is 0 Å². The first-order chi connectivity index (χ1) is 9.79. The molecule has 1 saturated heterocycles. The first-order valence-corrected chi connectivity index (χ1v) is 6.77. The van der Waals surface area contributed by atoms with E-state index in [1.807, 2.05) is 4.90 Å². The number of aromatic nitrogens is 1. The lowest BCUT2D eigenvalue weighted by Gasteiger charge is -2.30. The van der Waals surface area contributed by atoms with Crippen LogP contribution < -0.4 is 20.5 Å². The van der Waals surface area contributed by atoms with Gasteiger partial charge in [0.05, 0.1) is 5.56 Å². The van der Waals surface area contributed by atoms with Crippen molar-refractivity contribution in [3.05, 3.63) is 23.9 Å². The Morgan fingerprint density at radius 3 is 2.43 bits per heavy atom. The third-order valence-corrected chi connectivity index (χ3v) is 3.91. The minimum absolute atomic E-state index is 0.247. The Hall–Kier alpha value is -1.83. The SMILES string of the molecule is C[C@@H](C(N)=O)[NH+]1CCN(c2ccc(C(F)(F)F)c[nH+]2)CC1. The molecule has 1 fully saturated rings. The summed E-state index contributed by atoms with van der Waals surface area (Å²) in [5.41, 5.74) is 4.59. The zero-order valence-electron chi connectivity index (χ0n) is 11.7. The van der Waals surface area contributed by atoms with E-state index in [1.54, 1.807) is 6.92 Å². The number of nitrogens with two attached hydrogens (primary N) is 1. The number of rotatable bonds is 3. The molecule has 116 valence electrons. The molecule has 4 N–H and O–H groups in total. The van der Waals surface area contributed by atoms with Gasteiger partial charge in [-0.1, -0.05) is 0 Å². The van der Waals surface area contributed by atoms with Gasteiger partial charge in [-0.25, -0.2) is 4.98 Å². The number of alkyl halides is 3. The van der Waals surface area contributed by atoms with Crippen molar-refractivity contribution in [3.63, 3.8) is 0 Å². The van der Waals surface area contributed by atoms with Gasteiger partial charge in [-0.05, 0) is 13.0 Å². The van der Waals surface area contributed by atoms with Crippen LogP contribution in [0.5, 0.6) is 0 Å². The van der Waals surface area contributed by atoms with Crippen LogP contribution in [0.15, 0.2) is 18.3 Å². The minimum atomic E-state index is -4.34. The predicted molar refractivity (Wildman–Crippen MR) is 69.6 cm³/mol. The number of carbonyl (C=O) groups excluding carboxylic acids is 1. The number of aromatic amines is 1. The molecule has 2 rings (SSSR count). The summed E-state index contributed by atoms with van der Waals surface area (Å²) < 4.78 is 37.5. The van der Waals surface area contributed by atoms with Crippen molar-refractivity contribution in [2.75, 3.05) is 31.1 Å². The number of hydrogen-bond donors (Lipinski definition) is 2. The largest absolute Gasteiger partial charge is 0.419 e. The molecule has 1 amide bonds.